The molecule has 1 nitrogen and oxygen atoms in total. The van der Waals surface area contributed by atoms with E-state index in [1.807, 2.05) is 6.92 Å². The molecular weight excluding hydrogens is 167 g/mol. The summed E-state index contributed by atoms with van der Waals surface area (Å²) in [5.74, 6) is 0. The second-order valence-corrected chi connectivity index (χ2v) is 2.85. The van der Waals surface area contributed by atoms with Gasteiger partial charge in [0.05, 0.1) is 0 Å². The highest BCUT2D eigenvalue weighted by atomic mass is 19.4. The Hall–Kier alpha value is -0.510. The standard InChI is InChI=1S/C8H14F3N/c1-7(2)6-12-5-3-4-8(9,10)11/h12H,1,3-6H2,2H3. The minimum Gasteiger partial charge on any atom is -0.313 e. The van der Waals surface area contributed by atoms with Gasteiger partial charge in [0.1, 0.15) is 0 Å². The average molecular weight is 181 g/mol. The van der Waals surface area contributed by atoms with Crippen molar-refractivity contribution in [3.63, 3.8) is 0 Å². The SMILES string of the molecule is C=C(C)CNCCCC(F)(F)F. The Morgan fingerprint density at radius 3 is 2.42 bits per heavy atom. The highest BCUT2D eigenvalue weighted by Gasteiger charge is 2.25. The first-order valence-corrected chi connectivity index (χ1v) is 3.83. The monoisotopic (exact) mass is 181 g/mol. The van der Waals surface area contributed by atoms with Gasteiger partial charge in [0.2, 0.25) is 0 Å². The van der Waals surface area contributed by atoms with Crippen LogP contribution in [0.2, 0.25) is 0 Å². The summed E-state index contributed by atoms with van der Waals surface area (Å²) in [6.07, 6.45) is -4.60. The number of alkyl halides is 3. The maximum absolute atomic E-state index is 11.6. The molecule has 0 aromatic carbocycles. The summed E-state index contributed by atoms with van der Waals surface area (Å²) < 4.78 is 34.8. The molecule has 0 aliphatic heterocycles. The number of hydrogen-bond donors (Lipinski definition) is 1. The van der Waals surface area contributed by atoms with Crippen molar-refractivity contribution in [2.75, 3.05) is 13.1 Å². The van der Waals surface area contributed by atoms with Crippen LogP contribution < -0.4 is 5.32 Å². The summed E-state index contributed by atoms with van der Waals surface area (Å²) in [6, 6.07) is 0. The van der Waals surface area contributed by atoms with Gasteiger partial charge in [-0.15, -0.1) is 0 Å². The molecule has 0 bridgehead atoms. The van der Waals surface area contributed by atoms with Gasteiger partial charge in [0.15, 0.2) is 0 Å². The quantitative estimate of drug-likeness (QED) is 0.507. The molecule has 0 aliphatic carbocycles. The van der Waals surface area contributed by atoms with Crippen molar-refractivity contribution in [2.24, 2.45) is 0 Å². The number of hydrogen-bond acceptors (Lipinski definition) is 1. The molecule has 0 atom stereocenters. The van der Waals surface area contributed by atoms with E-state index in [0.29, 0.717) is 13.1 Å². The Labute approximate surface area is 70.7 Å². The fourth-order valence-corrected chi connectivity index (χ4v) is 0.716. The third kappa shape index (κ3) is 9.49. The van der Waals surface area contributed by atoms with Crippen molar-refractivity contribution < 1.29 is 13.2 Å². The van der Waals surface area contributed by atoms with E-state index in [1.54, 1.807) is 0 Å². The zero-order valence-electron chi connectivity index (χ0n) is 7.17. The molecule has 12 heavy (non-hydrogen) atoms. The molecule has 0 amide bonds. The topological polar surface area (TPSA) is 12.0 Å². The minimum absolute atomic E-state index is 0.136. The molecule has 0 unspecified atom stereocenters. The lowest BCUT2D eigenvalue weighted by atomic mass is 10.3. The molecule has 4 heteroatoms. The van der Waals surface area contributed by atoms with Gasteiger partial charge in [-0.25, -0.2) is 0 Å². The van der Waals surface area contributed by atoms with Crippen molar-refractivity contribution in [3.05, 3.63) is 12.2 Å². The van der Waals surface area contributed by atoms with Gasteiger partial charge in [-0.2, -0.15) is 13.2 Å². The summed E-state index contributed by atoms with van der Waals surface area (Å²) in [5.41, 5.74) is 0.932. The van der Waals surface area contributed by atoms with Crippen molar-refractivity contribution in [3.8, 4) is 0 Å². The van der Waals surface area contributed by atoms with Crippen LogP contribution in [-0.2, 0) is 0 Å². The first-order chi connectivity index (χ1) is 5.42. The van der Waals surface area contributed by atoms with E-state index in [2.05, 4.69) is 11.9 Å². The lowest BCUT2D eigenvalue weighted by Crippen LogP contribution is -2.19. The summed E-state index contributed by atoms with van der Waals surface area (Å²) >= 11 is 0. The maximum Gasteiger partial charge on any atom is 0.389 e. The van der Waals surface area contributed by atoms with E-state index >= 15 is 0 Å². The summed E-state index contributed by atoms with van der Waals surface area (Å²) in [5, 5.41) is 2.86. The van der Waals surface area contributed by atoms with Crippen molar-refractivity contribution in [1.29, 1.82) is 0 Å². The molecule has 0 aromatic heterocycles. The first kappa shape index (κ1) is 11.5. The number of halogens is 3. The van der Waals surface area contributed by atoms with Gasteiger partial charge in [0.25, 0.3) is 0 Å². The van der Waals surface area contributed by atoms with E-state index < -0.39 is 12.6 Å². The van der Waals surface area contributed by atoms with Gasteiger partial charge in [-0.05, 0) is 19.9 Å². The fraction of sp³-hybridized carbons (Fsp3) is 0.750. The molecule has 0 aliphatic rings. The van der Waals surface area contributed by atoms with Gasteiger partial charge < -0.3 is 5.32 Å². The van der Waals surface area contributed by atoms with Gasteiger partial charge in [-0.3, -0.25) is 0 Å². The van der Waals surface area contributed by atoms with Crippen LogP contribution in [0.3, 0.4) is 0 Å². The normalized spacial score (nSPS) is 11.7. The van der Waals surface area contributed by atoms with E-state index in [9.17, 15) is 13.2 Å². The molecule has 0 saturated heterocycles. The Morgan fingerprint density at radius 1 is 1.42 bits per heavy atom. The average Bonchev–Trinajstić information content (AvgIpc) is 1.83. The van der Waals surface area contributed by atoms with Crippen LogP contribution in [0.5, 0.6) is 0 Å². The molecular formula is C8H14F3N. The zero-order valence-corrected chi connectivity index (χ0v) is 7.17. The summed E-state index contributed by atoms with van der Waals surface area (Å²) in [4.78, 5) is 0. The first-order valence-electron chi connectivity index (χ1n) is 3.83. The lowest BCUT2D eigenvalue weighted by molar-refractivity contribution is -0.135. The predicted octanol–water partition coefficient (Wildman–Crippen LogP) is 2.49. The molecule has 72 valence electrons. The molecule has 0 saturated carbocycles. The van der Waals surface area contributed by atoms with Gasteiger partial charge in [0, 0.05) is 13.0 Å². The van der Waals surface area contributed by atoms with Crippen LogP contribution in [-0.4, -0.2) is 19.3 Å². The largest absolute Gasteiger partial charge is 0.389 e. The van der Waals surface area contributed by atoms with Crippen LogP contribution in [0, 0.1) is 0 Å². The highest BCUT2D eigenvalue weighted by molar-refractivity contribution is 4.90. The van der Waals surface area contributed by atoms with E-state index in [4.69, 9.17) is 0 Å². The van der Waals surface area contributed by atoms with Crippen LogP contribution in [0.1, 0.15) is 19.8 Å². The smallest absolute Gasteiger partial charge is 0.313 e. The van der Waals surface area contributed by atoms with Crippen LogP contribution >= 0.6 is 0 Å². The highest BCUT2D eigenvalue weighted by Crippen LogP contribution is 2.20. The predicted molar refractivity (Wildman–Crippen MR) is 43.0 cm³/mol. The Balaban J connectivity index is 3.17. The molecule has 0 aromatic rings. The van der Waals surface area contributed by atoms with E-state index in [0.717, 1.165) is 5.57 Å². The van der Waals surface area contributed by atoms with E-state index in [1.165, 1.54) is 0 Å². The molecule has 0 spiro atoms. The van der Waals surface area contributed by atoms with Crippen molar-refractivity contribution in [2.45, 2.75) is 25.9 Å². The summed E-state index contributed by atoms with van der Waals surface area (Å²) in [7, 11) is 0. The van der Waals surface area contributed by atoms with Gasteiger partial charge >= 0.3 is 6.18 Å². The molecule has 0 radical (unpaired) electrons. The maximum atomic E-state index is 11.6. The fourth-order valence-electron chi connectivity index (χ4n) is 0.716. The van der Waals surface area contributed by atoms with Crippen molar-refractivity contribution >= 4 is 0 Å². The Morgan fingerprint density at radius 2 is 2.00 bits per heavy atom. The Kier molecular flexibility index (Phi) is 4.97. The minimum atomic E-state index is -4.02. The molecule has 0 rings (SSSR count). The third-order valence-corrected chi connectivity index (χ3v) is 1.24. The number of rotatable bonds is 5. The van der Waals surface area contributed by atoms with Crippen LogP contribution in [0.25, 0.3) is 0 Å². The molecule has 0 heterocycles. The second-order valence-electron chi connectivity index (χ2n) is 2.85. The molecule has 1 N–H and O–H groups in total. The third-order valence-electron chi connectivity index (χ3n) is 1.24. The lowest BCUT2D eigenvalue weighted by Gasteiger charge is -2.06. The summed E-state index contributed by atoms with van der Waals surface area (Å²) in [6.45, 7) is 6.44. The Bertz CT molecular complexity index is 140. The number of nitrogens with one attached hydrogen (secondary N) is 1. The van der Waals surface area contributed by atoms with Crippen molar-refractivity contribution in [1.82, 2.24) is 5.32 Å². The van der Waals surface area contributed by atoms with Crippen LogP contribution in [0.15, 0.2) is 12.2 Å². The van der Waals surface area contributed by atoms with E-state index in [-0.39, 0.29) is 6.42 Å². The van der Waals surface area contributed by atoms with Gasteiger partial charge in [-0.1, -0.05) is 12.2 Å². The second kappa shape index (κ2) is 5.19. The molecule has 0 fully saturated rings. The van der Waals surface area contributed by atoms with Crippen LogP contribution in [0.4, 0.5) is 13.2 Å². The zero-order chi connectivity index (χ0) is 9.61.